The number of pyridine rings is 1. The van der Waals surface area contributed by atoms with E-state index in [1.165, 1.54) is 6.07 Å². The summed E-state index contributed by atoms with van der Waals surface area (Å²) in [6, 6.07) is 7.43. The molecule has 2 heterocycles. The van der Waals surface area contributed by atoms with Crippen molar-refractivity contribution in [3.8, 4) is 0 Å². The van der Waals surface area contributed by atoms with E-state index in [4.69, 9.17) is 0 Å². The van der Waals surface area contributed by atoms with Crippen LogP contribution in [0.4, 0.5) is 14.5 Å². The van der Waals surface area contributed by atoms with Gasteiger partial charge in [-0.05, 0) is 63.3 Å². The highest BCUT2D eigenvalue weighted by molar-refractivity contribution is 5.92. The number of aromatic nitrogens is 2. The second kappa shape index (κ2) is 8.79. The number of nitrogens with zero attached hydrogens (tertiary/aromatic N) is 2. The third-order valence-electron chi connectivity index (χ3n) is 6.33. The van der Waals surface area contributed by atoms with Gasteiger partial charge in [-0.1, -0.05) is 11.6 Å². The molecule has 32 heavy (non-hydrogen) atoms. The number of aryl methyl sites for hydroxylation is 3. The van der Waals surface area contributed by atoms with Crippen LogP contribution in [-0.2, 0) is 13.0 Å². The fourth-order valence-electron chi connectivity index (χ4n) is 4.71. The van der Waals surface area contributed by atoms with Gasteiger partial charge in [0.15, 0.2) is 0 Å². The average Bonchev–Trinajstić information content (AvgIpc) is 3.06. The molecule has 2 unspecified atom stereocenters. The van der Waals surface area contributed by atoms with Crippen molar-refractivity contribution in [3.05, 3.63) is 59.0 Å². The Morgan fingerprint density at radius 2 is 1.91 bits per heavy atom. The first kappa shape index (κ1) is 22.7. The Morgan fingerprint density at radius 3 is 2.59 bits per heavy atom. The normalized spacial score (nSPS) is 20.5. The van der Waals surface area contributed by atoms with Gasteiger partial charge in [-0.2, -0.15) is 8.78 Å². The Hall–Kier alpha value is -2.51. The smallest absolute Gasteiger partial charge is 0.287 e. The van der Waals surface area contributed by atoms with E-state index >= 15 is 0 Å². The van der Waals surface area contributed by atoms with Crippen molar-refractivity contribution in [3.63, 3.8) is 0 Å². The zero-order chi connectivity index (χ0) is 23.0. The first-order chi connectivity index (χ1) is 15.1. The van der Waals surface area contributed by atoms with Gasteiger partial charge in [-0.3, -0.25) is 5.32 Å². The van der Waals surface area contributed by atoms with Gasteiger partial charge < -0.3 is 15.0 Å². The van der Waals surface area contributed by atoms with Crippen LogP contribution in [0, 0.1) is 13.8 Å². The van der Waals surface area contributed by atoms with Crippen molar-refractivity contribution in [2.24, 2.45) is 7.05 Å². The maximum absolute atomic E-state index is 14.1. The Morgan fingerprint density at radius 1 is 1.16 bits per heavy atom. The summed E-state index contributed by atoms with van der Waals surface area (Å²) in [5, 5.41) is 18.4. The van der Waals surface area contributed by atoms with Gasteiger partial charge in [0, 0.05) is 55.1 Å². The standard InChI is InChI=1S/C25H32F2N4O/c1-15-8-9-21-19(10-15)22(12-23(30-21)25(3,26)27)28-17-6-5-7-18(11-17)29-24(32)20-14-31(4)13-16(20)2/h8-10,12-14,17-18,24,29,32H,5-7,11H2,1-4H3,(H,28,30)/t17-,18?,24?/m0/s1. The van der Waals surface area contributed by atoms with Crippen LogP contribution in [0.3, 0.4) is 0 Å². The van der Waals surface area contributed by atoms with E-state index in [1.807, 2.05) is 50.0 Å². The second-order valence-electron chi connectivity index (χ2n) is 9.30. The minimum absolute atomic E-state index is 0.120. The number of rotatable bonds is 6. The summed E-state index contributed by atoms with van der Waals surface area (Å²) >= 11 is 0. The molecule has 1 fully saturated rings. The number of aliphatic hydroxyl groups is 1. The molecular weight excluding hydrogens is 410 g/mol. The minimum atomic E-state index is -3.01. The first-order valence-electron chi connectivity index (χ1n) is 11.2. The Balaban J connectivity index is 1.53. The summed E-state index contributed by atoms with van der Waals surface area (Å²) in [4.78, 5) is 4.20. The van der Waals surface area contributed by atoms with Gasteiger partial charge in [0.25, 0.3) is 5.92 Å². The number of benzene rings is 1. The lowest BCUT2D eigenvalue weighted by Gasteiger charge is -2.33. The Kier molecular flexibility index (Phi) is 6.23. The van der Waals surface area contributed by atoms with Crippen molar-refractivity contribution in [1.82, 2.24) is 14.9 Å². The van der Waals surface area contributed by atoms with Crippen LogP contribution in [0.2, 0.25) is 0 Å². The maximum atomic E-state index is 14.1. The van der Waals surface area contributed by atoms with Gasteiger partial charge in [-0.15, -0.1) is 0 Å². The monoisotopic (exact) mass is 442 g/mol. The van der Waals surface area contributed by atoms with Crippen molar-refractivity contribution in [2.45, 2.75) is 70.7 Å². The van der Waals surface area contributed by atoms with Crippen molar-refractivity contribution in [1.29, 1.82) is 0 Å². The molecule has 0 saturated heterocycles. The van der Waals surface area contributed by atoms with E-state index < -0.39 is 12.2 Å². The molecule has 1 saturated carbocycles. The lowest BCUT2D eigenvalue weighted by atomic mass is 9.90. The number of hydrogen-bond acceptors (Lipinski definition) is 4. The fourth-order valence-corrected chi connectivity index (χ4v) is 4.71. The van der Waals surface area contributed by atoms with Crippen LogP contribution in [0.5, 0.6) is 0 Å². The number of aliphatic hydroxyl groups excluding tert-OH is 1. The molecule has 3 atom stereocenters. The molecule has 1 aliphatic carbocycles. The van der Waals surface area contributed by atoms with Gasteiger partial charge in [0.1, 0.15) is 11.9 Å². The molecule has 0 spiro atoms. The molecule has 0 aliphatic heterocycles. The summed E-state index contributed by atoms with van der Waals surface area (Å²) in [6.07, 6.45) is 6.91. The van der Waals surface area contributed by atoms with E-state index in [9.17, 15) is 13.9 Å². The summed E-state index contributed by atoms with van der Waals surface area (Å²) < 4.78 is 30.1. The van der Waals surface area contributed by atoms with Gasteiger partial charge >= 0.3 is 0 Å². The molecule has 7 heteroatoms. The Labute approximate surface area is 187 Å². The predicted octanol–water partition coefficient (Wildman–Crippen LogP) is 5.31. The van der Waals surface area contributed by atoms with Gasteiger partial charge in [0.05, 0.1) is 5.52 Å². The van der Waals surface area contributed by atoms with Crippen LogP contribution in [0.1, 0.15) is 61.2 Å². The first-order valence-corrected chi connectivity index (χ1v) is 11.2. The SMILES string of the molecule is Cc1ccc2nc(C(C)(F)F)cc(N[C@H]3CCCC(NC(O)c4cn(C)cc4C)C3)c2c1. The third-order valence-corrected chi connectivity index (χ3v) is 6.33. The number of hydrogen-bond donors (Lipinski definition) is 3. The summed E-state index contributed by atoms with van der Waals surface area (Å²) in [6.45, 7) is 4.86. The summed E-state index contributed by atoms with van der Waals surface area (Å²) in [5.41, 5.74) is 4.02. The molecule has 0 amide bonds. The maximum Gasteiger partial charge on any atom is 0.287 e. The third kappa shape index (κ3) is 4.94. The van der Waals surface area contributed by atoms with Crippen molar-refractivity contribution >= 4 is 16.6 Å². The number of anilines is 1. The number of nitrogens with one attached hydrogen (secondary N) is 2. The average molecular weight is 443 g/mol. The largest absolute Gasteiger partial charge is 0.382 e. The van der Waals surface area contributed by atoms with E-state index in [1.54, 1.807) is 6.07 Å². The highest BCUT2D eigenvalue weighted by atomic mass is 19.3. The zero-order valence-corrected chi connectivity index (χ0v) is 19.1. The van der Waals surface area contributed by atoms with Crippen LogP contribution in [0.25, 0.3) is 10.9 Å². The molecule has 0 bridgehead atoms. The lowest BCUT2D eigenvalue weighted by molar-refractivity contribution is 0.0131. The highest BCUT2D eigenvalue weighted by Gasteiger charge is 2.29. The molecule has 1 aliphatic rings. The van der Waals surface area contributed by atoms with Crippen molar-refractivity contribution in [2.75, 3.05) is 5.32 Å². The van der Waals surface area contributed by atoms with Crippen LogP contribution in [-0.4, -0.2) is 26.7 Å². The Bertz CT molecular complexity index is 1110. The van der Waals surface area contributed by atoms with E-state index in [0.29, 0.717) is 11.2 Å². The lowest BCUT2D eigenvalue weighted by Crippen LogP contribution is -2.40. The van der Waals surface area contributed by atoms with Crippen LogP contribution < -0.4 is 10.6 Å². The molecule has 5 nitrogen and oxygen atoms in total. The number of alkyl halides is 2. The van der Waals surface area contributed by atoms with Crippen molar-refractivity contribution < 1.29 is 13.9 Å². The number of fused-ring (bicyclic) bond motifs is 1. The second-order valence-corrected chi connectivity index (χ2v) is 9.30. The van der Waals surface area contributed by atoms with Gasteiger partial charge in [0.2, 0.25) is 0 Å². The minimum Gasteiger partial charge on any atom is -0.382 e. The fraction of sp³-hybridized carbons (Fsp3) is 0.480. The quantitative estimate of drug-likeness (QED) is 0.453. The molecule has 0 radical (unpaired) electrons. The molecule has 3 N–H and O–H groups in total. The molecule has 2 aromatic heterocycles. The van der Waals surface area contributed by atoms with E-state index in [-0.39, 0.29) is 17.8 Å². The van der Waals surface area contributed by atoms with E-state index in [0.717, 1.165) is 54.7 Å². The van der Waals surface area contributed by atoms with Gasteiger partial charge in [-0.25, -0.2) is 4.98 Å². The highest BCUT2D eigenvalue weighted by Crippen LogP contribution is 2.34. The summed E-state index contributed by atoms with van der Waals surface area (Å²) in [7, 11) is 1.94. The topological polar surface area (TPSA) is 62.1 Å². The van der Waals surface area contributed by atoms with Crippen LogP contribution in [0.15, 0.2) is 36.7 Å². The molecule has 3 aromatic rings. The molecule has 172 valence electrons. The van der Waals surface area contributed by atoms with Crippen LogP contribution >= 0.6 is 0 Å². The van der Waals surface area contributed by atoms with E-state index in [2.05, 4.69) is 15.6 Å². The summed E-state index contributed by atoms with van der Waals surface area (Å²) in [5.74, 6) is -3.01. The molecule has 1 aromatic carbocycles. The predicted molar refractivity (Wildman–Crippen MR) is 124 cm³/mol. The molecule has 4 rings (SSSR count). The number of halogens is 2. The zero-order valence-electron chi connectivity index (χ0n) is 19.1. The molecular formula is C25H32F2N4O.